The molecule has 5 heterocycles. The first-order chi connectivity index (χ1) is 13.5. The number of carbonyl (C=O) groups is 2. The zero-order valence-electron chi connectivity index (χ0n) is 16.1. The molecule has 4 fully saturated rings. The highest BCUT2D eigenvalue weighted by Gasteiger charge is 2.45. The van der Waals surface area contributed by atoms with Crippen LogP contribution in [0.2, 0.25) is 0 Å². The number of amides is 1. The van der Waals surface area contributed by atoms with Crippen LogP contribution in [0.3, 0.4) is 0 Å². The van der Waals surface area contributed by atoms with Crippen LogP contribution in [0.4, 0.5) is 0 Å². The van der Waals surface area contributed by atoms with E-state index in [0.717, 1.165) is 38.2 Å². The van der Waals surface area contributed by atoms with Crippen molar-refractivity contribution in [1.29, 1.82) is 0 Å². The largest absolute Gasteiger partial charge is 0.481 e. The molecule has 0 radical (unpaired) electrons. The fraction of sp³-hybridized carbons (Fsp3) is 0.789. The Labute approximate surface area is 164 Å². The van der Waals surface area contributed by atoms with Gasteiger partial charge in [0.2, 0.25) is 5.91 Å². The number of carboxylic acid groups (broad SMARTS) is 1. The highest BCUT2D eigenvalue weighted by atomic mass is 16.4. The number of rotatable bonds is 6. The van der Waals surface area contributed by atoms with E-state index in [9.17, 15) is 9.59 Å². The van der Waals surface area contributed by atoms with E-state index in [1.807, 2.05) is 15.8 Å². The van der Waals surface area contributed by atoms with Crippen molar-refractivity contribution in [2.24, 2.45) is 17.8 Å². The summed E-state index contributed by atoms with van der Waals surface area (Å²) in [6, 6.07) is 0.365. The number of aliphatic carboxylic acids is 1. The zero-order valence-corrected chi connectivity index (χ0v) is 16.1. The maximum atomic E-state index is 13.1. The number of aliphatic hydroxyl groups is 1. The van der Waals surface area contributed by atoms with E-state index in [-0.39, 0.29) is 24.3 Å². The van der Waals surface area contributed by atoms with Crippen LogP contribution in [0.15, 0.2) is 6.20 Å². The number of aromatic nitrogens is 3. The Morgan fingerprint density at radius 1 is 1.18 bits per heavy atom. The molecule has 4 aliphatic heterocycles. The van der Waals surface area contributed by atoms with E-state index in [0.29, 0.717) is 44.3 Å². The van der Waals surface area contributed by atoms with Gasteiger partial charge in [0.1, 0.15) is 0 Å². The number of aliphatic hydroxyl groups excluding tert-OH is 1. The average Bonchev–Trinajstić information content (AvgIpc) is 3.15. The highest BCUT2D eigenvalue weighted by Crippen LogP contribution is 2.38. The molecule has 4 atom stereocenters. The summed E-state index contributed by atoms with van der Waals surface area (Å²) in [4.78, 5) is 28.5. The third kappa shape index (κ3) is 3.91. The maximum absolute atomic E-state index is 13.1. The summed E-state index contributed by atoms with van der Waals surface area (Å²) in [6.07, 6.45) is 5.57. The molecular formula is C19H29N5O4. The second kappa shape index (κ2) is 8.16. The lowest BCUT2D eigenvalue weighted by molar-refractivity contribution is -0.150. The SMILES string of the molecule is O=C(O)C1CCN(C(=O)C2CN3CCC2CC3Cn2cc(CCO)nn2)CC1. The number of likely N-dealkylation sites (tertiary alicyclic amines) is 1. The van der Waals surface area contributed by atoms with Crippen LogP contribution in [0.25, 0.3) is 0 Å². The minimum atomic E-state index is -0.743. The van der Waals surface area contributed by atoms with Crippen molar-refractivity contribution in [3.63, 3.8) is 0 Å². The summed E-state index contributed by atoms with van der Waals surface area (Å²) in [5.41, 5.74) is 0.802. The summed E-state index contributed by atoms with van der Waals surface area (Å²) in [5, 5.41) is 26.4. The predicted octanol–water partition coefficient (Wildman–Crippen LogP) is -0.153. The molecule has 1 aromatic heterocycles. The number of fused-ring (bicyclic) bond motifs is 3. The summed E-state index contributed by atoms with van der Waals surface area (Å²) in [7, 11) is 0. The third-order valence-electron chi connectivity index (χ3n) is 6.70. The third-order valence-corrected chi connectivity index (χ3v) is 6.70. The van der Waals surface area contributed by atoms with Gasteiger partial charge in [0.05, 0.1) is 24.1 Å². The Morgan fingerprint density at radius 2 is 1.96 bits per heavy atom. The molecule has 0 spiro atoms. The second-order valence-corrected chi connectivity index (χ2v) is 8.38. The van der Waals surface area contributed by atoms with Gasteiger partial charge in [-0.25, -0.2) is 0 Å². The van der Waals surface area contributed by atoms with Gasteiger partial charge in [-0.1, -0.05) is 5.21 Å². The van der Waals surface area contributed by atoms with Crippen molar-refractivity contribution < 1.29 is 19.8 Å². The van der Waals surface area contributed by atoms with Gasteiger partial charge in [-0.15, -0.1) is 5.10 Å². The van der Waals surface area contributed by atoms with E-state index in [4.69, 9.17) is 10.2 Å². The zero-order chi connectivity index (χ0) is 19.7. The molecule has 0 saturated carbocycles. The molecular weight excluding hydrogens is 362 g/mol. The highest BCUT2D eigenvalue weighted by molar-refractivity contribution is 5.80. The van der Waals surface area contributed by atoms with Crippen LogP contribution in [-0.2, 0) is 22.6 Å². The molecule has 4 saturated heterocycles. The molecule has 9 heteroatoms. The van der Waals surface area contributed by atoms with Crippen molar-refractivity contribution in [3.8, 4) is 0 Å². The van der Waals surface area contributed by atoms with Gasteiger partial charge in [0.25, 0.3) is 0 Å². The molecule has 2 bridgehead atoms. The van der Waals surface area contributed by atoms with E-state index in [1.54, 1.807) is 0 Å². The van der Waals surface area contributed by atoms with Crippen molar-refractivity contribution in [3.05, 3.63) is 11.9 Å². The number of hydrogen-bond donors (Lipinski definition) is 2. The Hall–Kier alpha value is -2.00. The summed E-state index contributed by atoms with van der Waals surface area (Å²) in [5.74, 6) is -0.415. The van der Waals surface area contributed by atoms with Gasteiger partial charge in [-0.2, -0.15) is 0 Å². The fourth-order valence-corrected chi connectivity index (χ4v) is 5.06. The Bertz CT molecular complexity index is 715. The molecule has 0 aliphatic carbocycles. The van der Waals surface area contributed by atoms with Crippen molar-refractivity contribution in [1.82, 2.24) is 24.8 Å². The molecule has 4 aliphatic rings. The quantitative estimate of drug-likeness (QED) is 0.693. The fourth-order valence-electron chi connectivity index (χ4n) is 5.06. The van der Waals surface area contributed by atoms with Gasteiger partial charge in [-0.3, -0.25) is 19.2 Å². The van der Waals surface area contributed by atoms with Crippen molar-refractivity contribution in [2.75, 3.05) is 32.8 Å². The first-order valence-corrected chi connectivity index (χ1v) is 10.3. The smallest absolute Gasteiger partial charge is 0.306 e. The van der Waals surface area contributed by atoms with E-state index in [2.05, 4.69) is 15.2 Å². The van der Waals surface area contributed by atoms with Crippen LogP contribution in [0.5, 0.6) is 0 Å². The molecule has 1 aromatic rings. The molecule has 1 amide bonds. The van der Waals surface area contributed by atoms with Gasteiger partial charge >= 0.3 is 5.97 Å². The molecule has 28 heavy (non-hydrogen) atoms. The van der Waals surface area contributed by atoms with E-state index < -0.39 is 5.97 Å². The number of carboxylic acids is 1. The number of piperidine rings is 4. The minimum Gasteiger partial charge on any atom is -0.481 e. The Balaban J connectivity index is 1.33. The van der Waals surface area contributed by atoms with Crippen molar-refractivity contribution >= 4 is 11.9 Å². The van der Waals surface area contributed by atoms with Crippen LogP contribution >= 0.6 is 0 Å². The first-order valence-electron chi connectivity index (χ1n) is 10.3. The predicted molar refractivity (Wildman–Crippen MR) is 99.3 cm³/mol. The van der Waals surface area contributed by atoms with Crippen LogP contribution in [0, 0.1) is 17.8 Å². The molecule has 2 N–H and O–H groups in total. The molecule has 5 rings (SSSR count). The summed E-state index contributed by atoms with van der Waals surface area (Å²) < 4.78 is 1.85. The lowest BCUT2D eigenvalue weighted by Gasteiger charge is -2.50. The lowest BCUT2D eigenvalue weighted by atomic mass is 9.74. The van der Waals surface area contributed by atoms with Gasteiger partial charge in [0.15, 0.2) is 0 Å². The van der Waals surface area contributed by atoms with Gasteiger partial charge in [-0.05, 0) is 38.1 Å². The van der Waals surface area contributed by atoms with Crippen molar-refractivity contribution in [2.45, 2.75) is 44.7 Å². The Morgan fingerprint density at radius 3 is 2.61 bits per heavy atom. The van der Waals surface area contributed by atoms with E-state index in [1.165, 1.54) is 0 Å². The number of carbonyl (C=O) groups excluding carboxylic acids is 1. The normalized spacial score (nSPS) is 30.5. The lowest BCUT2D eigenvalue weighted by Crippen LogP contribution is -2.59. The molecule has 154 valence electrons. The maximum Gasteiger partial charge on any atom is 0.306 e. The van der Waals surface area contributed by atoms with Gasteiger partial charge < -0.3 is 15.1 Å². The monoisotopic (exact) mass is 391 g/mol. The minimum absolute atomic E-state index is 0.0343. The number of hydrogen-bond acceptors (Lipinski definition) is 6. The standard InChI is InChI=1S/C19H29N5O4/c25-8-4-15-10-24(21-20-15)11-16-9-14-3-7-23(16)12-17(14)18(26)22-5-1-13(2-6-22)19(27)28/h10,13-14,16-17,25H,1-9,11-12H2,(H,27,28). The first kappa shape index (κ1) is 19.3. The molecule has 0 aromatic carbocycles. The van der Waals surface area contributed by atoms with Crippen LogP contribution < -0.4 is 0 Å². The average molecular weight is 391 g/mol. The molecule has 4 unspecified atom stereocenters. The summed E-state index contributed by atoms with van der Waals surface area (Å²) >= 11 is 0. The number of nitrogens with zero attached hydrogens (tertiary/aromatic N) is 5. The summed E-state index contributed by atoms with van der Waals surface area (Å²) in [6.45, 7) is 3.76. The van der Waals surface area contributed by atoms with Crippen LogP contribution in [0.1, 0.15) is 31.4 Å². The van der Waals surface area contributed by atoms with E-state index >= 15 is 0 Å². The Kier molecular flexibility index (Phi) is 5.63. The van der Waals surface area contributed by atoms with Crippen LogP contribution in [-0.4, -0.2) is 85.7 Å². The second-order valence-electron chi connectivity index (χ2n) is 8.38. The van der Waals surface area contributed by atoms with Gasteiger partial charge in [0, 0.05) is 44.9 Å². The topological polar surface area (TPSA) is 112 Å². The molecule has 9 nitrogen and oxygen atoms in total.